The van der Waals surface area contributed by atoms with Crippen LogP contribution in [0.25, 0.3) is 87.6 Å². The lowest BCUT2D eigenvalue weighted by molar-refractivity contribution is 0.669. The molecule has 0 spiro atoms. The smallest absolute Gasteiger partial charge is 0.136 e. The number of hydrogen-bond acceptors (Lipinski definition) is 1. The summed E-state index contributed by atoms with van der Waals surface area (Å²) in [6.45, 7) is 0. The standard InChI is InChI=1S/C42H18B8O/c43-35-31-29(21-14-12-19(13-15-21)22-16-17-25-24-9-3-4-11-27(24)51-28(25)18-22)32-34(38(46)42(50)40(48)36(32)44)30(33(31)37(45)41(49)39(35)47)26-10-5-7-20-6-1-2-8-23(20)26/h1-18H. The molecule has 0 saturated heterocycles. The molecule has 1 heterocycles. The van der Waals surface area contributed by atoms with Crippen molar-refractivity contribution in [3.8, 4) is 33.4 Å². The molecule has 9 aromatic rings. The first kappa shape index (κ1) is 31.8. The van der Waals surface area contributed by atoms with Gasteiger partial charge in [0.1, 0.15) is 73.9 Å². The van der Waals surface area contributed by atoms with Crippen LogP contribution in [0.3, 0.4) is 0 Å². The van der Waals surface area contributed by atoms with Crippen molar-refractivity contribution in [2.24, 2.45) is 0 Å². The predicted octanol–water partition coefficient (Wildman–Crippen LogP) is 2.40. The van der Waals surface area contributed by atoms with Gasteiger partial charge < -0.3 is 4.42 Å². The lowest BCUT2D eigenvalue weighted by Crippen LogP contribution is -2.50. The zero-order valence-electron chi connectivity index (χ0n) is 27.4. The molecule has 1 nitrogen and oxygen atoms in total. The van der Waals surface area contributed by atoms with Gasteiger partial charge in [0.2, 0.25) is 0 Å². The van der Waals surface area contributed by atoms with Gasteiger partial charge in [-0.25, -0.2) is 0 Å². The number of furan rings is 1. The van der Waals surface area contributed by atoms with Crippen LogP contribution in [0.2, 0.25) is 0 Å². The molecule has 16 radical (unpaired) electrons. The summed E-state index contributed by atoms with van der Waals surface area (Å²) in [7, 11) is 54.1. The molecule has 0 N–H and O–H groups in total. The highest BCUT2D eigenvalue weighted by Gasteiger charge is 2.25. The number of para-hydroxylation sites is 1. The molecule has 0 amide bonds. The topological polar surface area (TPSA) is 13.1 Å². The average Bonchev–Trinajstić information content (AvgIpc) is 3.54. The van der Waals surface area contributed by atoms with Crippen LogP contribution < -0.4 is 43.7 Å². The summed E-state index contributed by atoms with van der Waals surface area (Å²) < 4.78 is 6.17. The maximum absolute atomic E-state index is 6.94. The maximum Gasteiger partial charge on any atom is 0.136 e. The molecule has 9 heteroatoms. The average molecular weight is 625 g/mol. The molecule has 0 aliphatic carbocycles. The molecule has 0 unspecified atom stereocenters. The molecule has 0 bridgehead atoms. The van der Waals surface area contributed by atoms with Crippen LogP contribution in [0.15, 0.2) is 114 Å². The lowest BCUT2D eigenvalue weighted by atomic mass is 9.59. The fraction of sp³-hybridized carbons (Fsp3) is 0. The Balaban J connectivity index is 1.39. The SMILES string of the molecule is [B]c1c([B])c([B])c2c(-c3cccc4ccccc34)c3c([B])c([B])c([B])c([B])c3c(-c3ccc(-c4ccc5c(c4)oc4ccccc45)cc3)c2c1[B]. The zero-order valence-corrected chi connectivity index (χ0v) is 27.4. The highest BCUT2D eigenvalue weighted by molar-refractivity contribution is 6.71. The summed E-state index contributed by atoms with van der Waals surface area (Å²) in [5, 5.41) is 6.46. The van der Waals surface area contributed by atoms with Crippen molar-refractivity contribution in [1.82, 2.24) is 0 Å². The number of fused-ring (bicyclic) bond motifs is 6. The highest BCUT2D eigenvalue weighted by atomic mass is 16.3. The summed E-state index contributed by atoms with van der Waals surface area (Å²) in [6, 6.07) is 36.4. The van der Waals surface area contributed by atoms with E-state index in [2.05, 4.69) is 24.3 Å². The summed E-state index contributed by atoms with van der Waals surface area (Å²) in [4.78, 5) is 0. The predicted molar refractivity (Wildman–Crippen MR) is 226 cm³/mol. The molecule has 0 aliphatic heterocycles. The minimum Gasteiger partial charge on any atom is -0.456 e. The van der Waals surface area contributed by atoms with Crippen LogP contribution in [0.5, 0.6) is 0 Å². The van der Waals surface area contributed by atoms with E-state index in [4.69, 9.17) is 67.2 Å². The second kappa shape index (κ2) is 11.7. The fourth-order valence-corrected chi connectivity index (χ4v) is 7.68. The Kier molecular flexibility index (Phi) is 7.30. The summed E-state index contributed by atoms with van der Waals surface area (Å²) in [5.74, 6) is 0. The fourth-order valence-electron chi connectivity index (χ4n) is 7.68. The molecule has 9 rings (SSSR count). The van der Waals surface area contributed by atoms with Gasteiger partial charge in [-0.3, -0.25) is 0 Å². The van der Waals surface area contributed by atoms with Crippen molar-refractivity contribution >= 4 is 161 Å². The first-order valence-electron chi connectivity index (χ1n) is 16.4. The van der Waals surface area contributed by atoms with Gasteiger partial charge in [-0.1, -0.05) is 113 Å². The van der Waals surface area contributed by atoms with E-state index >= 15 is 0 Å². The van der Waals surface area contributed by atoms with Crippen molar-refractivity contribution in [2.75, 3.05) is 0 Å². The maximum atomic E-state index is 6.94. The highest BCUT2D eigenvalue weighted by Crippen LogP contribution is 2.43. The Morgan fingerprint density at radius 3 is 1.43 bits per heavy atom. The van der Waals surface area contributed by atoms with Crippen molar-refractivity contribution in [1.29, 1.82) is 0 Å². The van der Waals surface area contributed by atoms with Crippen LogP contribution in [-0.4, -0.2) is 62.8 Å². The molecular formula is C42H18B8O. The normalized spacial score (nSPS) is 11.8. The Labute approximate surface area is 306 Å². The number of benzene rings is 8. The van der Waals surface area contributed by atoms with Gasteiger partial charge in [0, 0.05) is 10.8 Å². The van der Waals surface area contributed by atoms with Gasteiger partial charge in [-0.15, -0.1) is 21.9 Å². The minimum absolute atomic E-state index is 0.176. The van der Waals surface area contributed by atoms with Gasteiger partial charge in [-0.2, -0.15) is 0 Å². The third-order valence-electron chi connectivity index (χ3n) is 10.3. The van der Waals surface area contributed by atoms with Crippen LogP contribution in [0.1, 0.15) is 0 Å². The van der Waals surface area contributed by atoms with E-state index in [9.17, 15) is 0 Å². The Bertz CT molecular complexity index is 2860. The molecular weight excluding hydrogens is 607 g/mol. The van der Waals surface area contributed by atoms with E-state index in [1.165, 1.54) is 0 Å². The van der Waals surface area contributed by atoms with Crippen molar-refractivity contribution < 1.29 is 4.42 Å². The Morgan fingerprint density at radius 1 is 0.333 bits per heavy atom. The van der Waals surface area contributed by atoms with Gasteiger partial charge in [-0.05, 0) is 83.9 Å². The van der Waals surface area contributed by atoms with Crippen molar-refractivity contribution in [3.05, 3.63) is 109 Å². The van der Waals surface area contributed by atoms with E-state index < -0.39 is 0 Å². The molecule has 0 saturated carbocycles. The third kappa shape index (κ3) is 4.60. The second-order valence-electron chi connectivity index (χ2n) is 13.0. The lowest BCUT2D eigenvalue weighted by Gasteiger charge is -2.29. The molecule has 1 aromatic heterocycles. The van der Waals surface area contributed by atoms with Crippen molar-refractivity contribution in [2.45, 2.75) is 0 Å². The molecule has 0 aliphatic rings. The largest absolute Gasteiger partial charge is 0.456 e. The quantitative estimate of drug-likeness (QED) is 0.218. The first-order valence-corrected chi connectivity index (χ1v) is 16.4. The third-order valence-corrected chi connectivity index (χ3v) is 10.3. The van der Waals surface area contributed by atoms with Crippen molar-refractivity contribution in [3.63, 3.8) is 0 Å². The molecule has 8 aromatic carbocycles. The second-order valence-corrected chi connectivity index (χ2v) is 13.0. The monoisotopic (exact) mass is 626 g/mol. The van der Waals surface area contributed by atoms with Gasteiger partial charge >= 0.3 is 0 Å². The van der Waals surface area contributed by atoms with Gasteiger partial charge in [0.25, 0.3) is 0 Å². The Morgan fingerprint density at radius 2 is 0.804 bits per heavy atom. The Hall–Kier alpha value is -5.14. The zero-order chi connectivity index (χ0) is 35.3. The van der Waals surface area contributed by atoms with E-state index in [1.807, 2.05) is 84.9 Å². The van der Waals surface area contributed by atoms with E-state index in [-0.39, 0.29) is 43.7 Å². The summed E-state index contributed by atoms with van der Waals surface area (Å²) in [6.07, 6.45) is 0. The summed E-state index contributed by atoms with van der Waals surface area (Å²) in [5.41, 5.74) is 8.39. The number of hydrogen-bond donors (Lipinski definition) is 0. The van der Waals surface area contributed by atoms with Gasteiger partial charge in [0.15, 0.2) is 0 Å². The van der Waals surface area contributed by atoms with E-state index in [1.54, 1.807) is 0 Å². The van der Waals surface area contributed by atoms with Crippen LogP contribution in [-0.2, 0) is 0 Å². The molecule has 0 fully saturated rings. The van der Waals surface area contributed by atoms with Crippen LogP contribution >= 0.6 is 0 Å². The molecule has 216 valence electrons. The summed E-state index contributed by atoms with van der Waals surface area (Å²) >= 11 is 0. The van der Waals surface area contributed by atoms with Gasteiger partial charge in [0.05, 0.1) is 0 Å². The molecule has 51 heavy (non-hydrogen) atoms. The minimum atomic E-state index is 0.176. The first-order chi connectivity index (χ1) is 24.7. The van der Waals surface area contributed by atoms with Crippen LogP contribution in [0.4, 0.5) is 0 Å². The molecule has 0 atom stereocenters. The van der Waals surface area contributed by atoms with Crippen LogP contribution in [0, 0.1) is 0 Å². The number of rotatable bonds is 3. The van der Waals surface area contributed by atoms with E-state index in [0.29, 0.717) is 32.7 Å². The van der Waals surface area contributed by atoms with E-state index in [0.717, 1.165) is 55.0 Å².